The van der Waals surface area contributed by atoms with Gasteiger partial charge in [0, 0.05) is 6.42 Å². The van der Waals surface area contributed by atoms with Crippen molar-refractivity contribution in [2.24, 2.45) is 5.73 Å². The van der Waals surface area contributed by atoms with Gasteiger partial charge in [0.1, 0.15) is 12.1 Å². The molecule has 0 bridgehead atoms. The van der Waals surface area contributed by atoms with E-state index in [1.165, 1.54) is 0 Å². The van der Waals surface area contributed by atoms with Crippen molar-refractivity contribution >= 4 is 17.8 Å². The monoisotopic (exact) mass is 214 g/mol. The summed E-state index contributed by atoms with van der Waals surface area (Å²) >= 11 is 0. The van der Waals surface area contributed by atoms with E-state index in [0.717, 1.165) is 0 Å². The molecule has 1 aliphatic rings. The number of rotatable bonds is 3. The molecule has 15 heavy (non-hydrogen) atoms. The smallest absolute Gasteiger partial charge is 0.336 e. The van der Waals surface area contributed by atoms with E-state index in [1.54, 1.807) is 6.92 Å². The highest BCUT2D eigenvalue weighted by atomic mass is 16.6. The second-order valence-electron chi connectivity index (χ2n) is 3.41. The molecule has 1 aliphatic heterocycles. The predicted octanol–water partition coefficient (Wildman–Crippen LogP) is -0.928. The molecule has 1 unspecified atom stereocenters. The summed E-state index contributed by atoms with van der Waals surface area (Å²) in [6.45, 7) is 1.72. The molecule has 6 nitrogen and oxygen atoms in total. The third-order valence-corrected chi connectivity index (χ3v) is 2.22. The third kappa shape index (κ3) is 3.02. The van der Waals surface area contributed by atoms with E-state index in [1.807, 2.05) is 0 Å². The predicted molar refractivity (Wildman–Crippen MR) is 50.5 cm³/mol. The van der Waals surface area contributed by atoms with Gasteiger partial charge in [0.25, 0.3) is 0 Å². The number of hydrogen-bond acceptors (Lipinski definition) is 5. The van der Waals surface area contributed by atoms with Crippen LogP contribution in [0.4, 0.5) is 0 Å². The third-order valence-electron chi connectivity index (χ3n) is 2.22. The van der Waals surface area contributed by atoms with Gasteiger partial charge in [0.15, 0.2) is 0 Å². The van der Waals surface area contributed by atoms with Crippen molar-refractivity contribution in [3.05, 3.63) is 0 Å². The summed E-state index contributed by atoms with van der Waals surface area (Å²) in [5.74, 6) is -1.68. The lowest BCUT2D eigenvalue weighted by molar-refractivity contribution is -0.162. The molecule has 0 radical (unpaired) electrons. The van der Waals surface area contributed by atoms with Gasteiger partial charge in [0.2, 0.25) is 5.91 Å². The van der Waals surface area contributed by atoms with Crippen molar-refractivity contribution in [3.63, 3.8) is 0 Å². The highest BCUT2D eigenvalue weighted by molar-refractivity contribution is 5.94. The van der Waals surface area contributed by atoms with Gasteiger partial charge in [-0.15, -0.1) is 0 Å². The van der Waals surface area contributed by atoms with Gasteiger partial charge >= 0.3 is 11.9 Å². The van der Waals surface area contributed by atoms with E-state index in [-0.39, 0.29) is 12.3 Å². The molecule has 1 amide bonds. The molecule has 1 saturated heterocycles. The molecular weight excluding hydrogens is 200 g/mol. The lowest BCUT2D eigenvalue weighted by Gasteiger charge is -2.11. The van der Waals surface area contributed by atoms with Gasteiger partial charge in [-0.1, -0.05) is 6.92 Å². The van der Waals surface area contributed by atoms with Gasteiger partial charge in [-0.05, 0) is 12.8 Å². The van der Waals surface area contributed by atoms with Crippen molar-refractivity contribution in [2.45, 2.75) is 38.3 Å². The Morgan fingerprint density at radius 1 is 1.67 bits per heavy atom. The highest BCUT2D eigenvalue weighted by Gasteiger charge is 2.30. The van der Waals surface area contributed by atoms with Gasteiger partial charge in [-0.3, -0.25) is 4.79 Å². The number of nitrogens with two attached hydrogens (primary N) is 1. The van der Waals surface area contributed by atoms with E-state index in [4.69, 9.17) is 5.73 Å². The molecule has 0 aliphatic carbocycles. The number of nitrogens with one attached hydrogen (secondary N) is 1. The summed E-state index contributed by atoms with van der Waals surface area (Å²) in [5, 5.41) is 2.41. The Bertz CT molecular complexity index is 290. The fourth-order valence-corrected chi connectivity index (χ4v) is 1.20. The Balaban J connectivity index is 2.42. The van der Waals surface area contributed by atoms with Crippen LogP contribution in [0.5, 0.6) is 0 Å². The number of carbonyl (C=O) groups is 3. The minimum absolute atomic E-state index is 0.204. The number of ether oxygens (including phenoxy) is 1. The van der Waals surface area contributed by atoms with Crippen LogP contribution >= 0.6 is 0 Å². The van der Waals surface area contributed by atoms with Crippen LogP contribution in [0.1, 0.15) is 26.2 Å². The van der Waals surface area contributed by atoms with Crippen LogP contribution in [-0.4, -0.2) is 29.9 Å². The molecule has 6 heteroatoms. The van der Waals surface area contributed by atoms with Crippen LogP contribution in [-0.2, 0) is 19.1 Å². The molecule has 1 fully saturated rings. The first-order chi connectivity index (χ1) is 7.04. The molecule has 84 valence electrons. The first kappa shape index (κ1) is 11.6. The fraction of sp³-hybridized carbons (Fsp3) is 0.667. The second kappa shape index (κ2) is 4.88. The van der Waals surface area contributed by atoms with Crippen molar-refractivity contribution < 1.29 is 19.1 Å². The van der Waals surface area contributed by atoms with Crippen LogP contribution in [0.25, 0.3) is 0 Å². The summed E-state index contributed by atoms with van der Waals surface area (Å²) < 4.78 is 4.52. The Hall–Kier alpha value is -1.43. The maximum atomic E-state index is 11.3. The Labute approximate surface area is 87.1 Å². The average molecular weight is 214 g/mol. The molecule has 3 N–H and O–H groups in total. The number of carbonyl (C=O) groups excluding carboxylic acids is 3. The number of hydrogen-bond donors (Lipinski definition) is 2. The lowest BCUT2D eigenvalue weighted by atomic mass is 10.2. The van der Waals surface area contributed by atoms with Gasteiger partial charge in [-0.2, -0.15) is 0 Å². The lowest BCUT2D eigenvalue weighted by Crippen LogP contribution is -2.40. The van der Waals surface area contributed by atoms with Gasteiger partial charge in [-0.25, -0.2) is 9.59 Å². The van der Waals surface area contributed by atoms with Crippen molar-refractivity contribution in [2.75, 3.05) is 0 Å². The van der Waals surface area contributed by atoms with E-state index in [0.29, 0.717) is 12.8 Å². The Kier molecular flexibility index (Phi) is 3.79. The van der Waals surface area contributed by atoms with E-state index >= 15 is 0 Å². The summed E-state index contributed by atoms with van der Waals surface area (Å²) in [7, 11) is 0. The highest BCUT2D eigenvalue weighted by Crippen LogP contribution is 2.08. The molecular formula is C9H14N2O4. The second-order valence-corrected chi connectivity index (χ2v) is 3.41. The molecule has 2 atom stereocenters. The SMILES string of the molecule is CCC(N)C(=O)OC(=O)[C@@H]1CCC(=O)N1. The molecule has 0 saturated carbocycles. The van der Waals surface area contributed by atoms with Crippen molar-refractivity contribution in [1.82, 2.24) is 5.32 Å². The van der Waals surface area contributed by atoms with E-state index < -0.39 is 24.0 Å². The maximum Gasteiger partial charge on any atom is 0.336 e. The molecule has 1 rings (SSSR count). The zero-order valence-electron chi connectivity index (χ0n) is 8.49. The molecule has 0 spiro atoms. The Morgan fingerprint density at radius 2 is 2.33 bits per heavy atom. The minimum Gasteiger partial charge on any atom is -0.390 e. The fourth-order valence-electron chi connectivity index (χ4n) is 1.20. The average Bonchev–Trinajstić information content (AvgIpc) is 2.63. The first-order valence-electron chi connectivity index (χ1n) is 4.85. The quantitative estimate of drug-likeness (QED) is 0.467. The molecule has 1 heterocycles. The summed E-state index contributed by atoms with van der Waals surface area (Å²) in [5.41, 5.74) is 5.38. The number of amides is 1. The van der Waals surface area contributed by atoms with Crippen LogP contribution in [0.3, 0.4) is 0 Å². The minimum atomic E-state index is -0.786. The van der Waals surface area contributed by atoms with Crippen LogP contribution < -0.4 is 11.1 Å². The number of esters is 2. The van der Waals surface area contributed by atoms with Crippen molar-refractivity contribution in [3.8, 4) is 0 Å². The van der Waals surface area contributed by atoms with E-state index in [9.17, 15) is 14.4 Å². The van der Waals surface area contributed by atoms with Gasteiger partial charge in [0.05, 0.1) is 0 Å². The zero-order chi connectivity index (χ0) is 11.4. The summed E-state index contributed by atoms with van der Waals surface area (Å²) in [6, 6.07) is -1.49. The standard InChI is InChI=1S/C9H14N2O4/c1-2-5(10)8(13)15-9(14)6-3-4-7(12)11-6/h5-6H,2-4,10H2,1H3,(H,11,12)/t5?,6-/m0/s1. The van der Waals surface area contributed by atoms with Gasteiger partial charge < -0.3 is 15.8 Å². The molecule has 0 aromatic carbocycles. The zero-order valence-corrected chi connectivity index (χ0v) is 8.49. The molecule has 0 aromatic heterocycles. The topological polar surface area (TPSA) is 98.5 Å². The Morgan fingerprint density at radius 3 is 2.80 bits per heavy atom. The van der Waals surface area contributed by atoms with Crippen molar-refractivity contribution in [1.29, 1.82) is 0 Å². The largest absolute Gasteiger partial charge is 0.390 e. The molecule has 0 aromatic rings. The maximum absolute atomic E-state index is 11.3. The normalized spacial score (nSPS) is 22.0. The van der Waals surface area contributed by atoms with Crippen LogP contribution in [0, 0.1) is 0 Å². The van der Waals surface area contributed by atoms with Crippen LogP contribution in [0.2, 0.25) is 0 Å². The summed E-state index contributed by atoms with van der Waals surface area (Å²) in [6.07, 6.45) is 1.06. The first-order valence-corrected chi connectivity index (χ1v) is 4.85. The summed E-state index contributed by atoms with van der Waals surface area (Å²) in [4.78, 5) is 33.3. The van der Waals surface area contributed by atoms with E-state index in [2.05, 4.69) is 10.1 Å². The van der Waals surface area contributed by atoms with Crippen LogP contribution in [0.15, 0.2) is 0 Å².